The van der Waals surface area contributed by atoms with Gasteiger partial charge in [0.15, 0.2) is 0 Å². The fourth-order valence-electron chi connectivity index (χ4n) is 1.24. The van der Waals surface area contributed by atoms with Crippen LogP contribution in [0.4, 0.5) is 0 Å². The van der Waals surface area contributed by atoms with Crippen LogP contribution < -0.4 is 5.73 Å². The van der Waals surface area contributed by atoms with Gasteiger partial charge in [0.2, 0.25) is 0 Å². The van der Waals surface area contributed by atoms with Gasteiger partial charge in [0.25, 0.3) is 0 Å². The van der Waals surface area contributed by atoms with Gasteiger partial charge in [0.05, 0.1) is 6.61 Å². The first kappa shape index (κ1) is 11.5. The molecule has 0 aromatic rings. The lowest BCUT2D eigenvalue weighted by Crippen LogP contribution is -2.05. The molecular formula is C11H15NO3. The van der Waals surface area contributed by atoms with Crippen LogP contribution in [0.25, 0.3) is 0 Å². The molecule has 0 aromatic carbocycles. The number of carboxylic acid groups (broad SMARTS) is 1. The molecule has 0 radical (unpaired) electrons. The molecule has 0 atom stereocenters. The Morgan fingerprint density at radius 2 is 2.47 bits per heavy atom. The number of ether oxygens (including phenoxy) is 1. The van der Waals surface area contributed by atoms with Gasteiger partial charge in [-0.2, -0.15) is 0 Å². The first-order chi connectivity index (χ1) is 7.22. The lowest BCUT2D eigenvalue weighted by atomic mass is 10.1. The molecule has 0 saturated carbocycles. The fourth-order valence-corrected chi connectivity index (χ4v) is 1.24. The van der Waals surface area contributed by atoms with E-state index < -0.39 is 5.97 Å². The van der Waals surface area contributed by atoms with E-state index in [0.29, 0.717) is 19.6 Å². The maximum absolute atomic E-state index is 10.4. The van der Waals surface area contributed by atoms with Crippen molar-refractivity contribution in [3.8, 4) is 0 Å². The van der Waals surface area contributed by atoms with Crippen LogP contribution in [0.2, 0.25) is 0 Å². The van der Waals surface area contributed by atoms with Crippen LogP contribution in [0.15, 0.2) is 35.6 Å². The summed E-state index contributed by atoms with van der Waals surface area (Å²) >= 11 is 0. The number of carboxylic acids is 1. The zero-order chi connectivity index (χ0) is 11.1. The topological polar surface area (TPSA) is 72.5 Å². The quantitative estimate of drug-likeness (QED) is 0.527. The molecule has 15 heavy (non-hydrogen) atoms. The number of rotatable bonds is 5. The highest BCUT2D eigenvalue weighted by atomic mass is 16.5. The Morgan fingerprint density at radius 1 is 1.67 bits per heavy atom. The Labute approximate surface area is 88.7 Å². The van der Waals surface area contributed by atoms with E-state index in [-0.39, 0.29) is 0 Å². The molecule has 3 N–H and O–H groups in total. The van der Waals surface area contributed by atoms with Crippen LogP contribution in [0.3, 0.4) is 0 Å². The van der Waals surface area contributed by atoms with Crippen molar-refractivity contribution < 1.29 is 14.6 Å². The first-order valence-electron chi connectivity index (χ1n) is 4.86. The normalized spacial score (nSPS) is 17.7. The van der Waals surface area contributed by atoms with E-state index >= 15 is 0 Å². The summed E-state index contributed by atoms with van der Waals surface area (Å²) in [5.74, 6) is -0.142. The maximum Gasteiger partial charge on any atom is 0.328 e. The van der Waals surface area contributed by atoms with Gasteiger partial charge in [0, 0.05) is 12.5 Å². The molecule has 0 saturated heterocycles. The smallest absolute Gasteiger partial charge is 0.328 e. The summed E-state index contributed by atoms with van der Waals surface area (Å²) in [6.45, 7) is 1.18. The number of hydrogen-bond donors (Lipinski definition) is 2. The lowest BCUT2D eigenvalue weighted by Gasteiger charge is -2.12. The maximum atomic E-state index is 10.4. The van der Waals surface area contributed by atoms with Crippen molar-refractivity contribution in [2.24, 2.45) is 5.73 Å². The second kappa shape index (κ2) is 6.03. The second-order valence-corrected chi connectivity index (χ2v) is 3.22. The van der Waals surface area contributed by atoms with Crippen LogP contribution in [0, 0.1) is 0 Å². The third kappa shape index (κ3) is 4.46. The van der Waals surface area contributed by atoms with Crippen molar-refractivity contribution in [2.45, 2.75) is 12.8 Å². The van der Waals surface area contributed by atoms with E-state index in [9.17, 15) is 4.79 Å². The van der Waals surface area contributed by atoms with E-state index in [2.05, 4.69) is 0 Å². The highest BCUT2D eigenvalue weighted by Crippen LogP contribution is 2.18. The summed E-state index contributed by atoms with van der Waals surface area (Å²) < 4.78 is 5.43. The monoisotopic (exact) mass is 209 g/mol. The molecule has 0 aromatic heterocycles. The van der Waals surface area contributed by atoms with Crippen LogP contribution in [0.5, 0.6) is 0 Å². The van der Waals surface area contributed by atoms with Gasteiger partial charge < -0.3 is 15.6 Å². The Kier molecular flexibility index (Phi) is 4.63. The molecule has 1 aliphatic carbocycles. The van der Waals surface area contributed by atoms with Gasteiger partial charge in [-0.15, -0.1) is 0 Å². The molecule has 0 heterocycles. The number of nitrogens with two attached hydrogens (primary N) is 1. The van der Waals surface area contributed by atoms with Crippen LogP contribution in [-0.2, 0) is 9.53 Å². The molecule has 0 bridgehead atoms. The van der Waals surface area contributed by atoms with Crippen molar-refractivity contribution in [1.82, 2.24) is 0 Å². The summed E-state index contributed by atoms with van der Waals surface area (Å²) in [5, 5.41) is 8.58. The predicted molar refractivity (Wildman–Crippen MR) is 57.2 cm³/mol. The van der Waals surface area contributed by atoms with Crippen molar-refractivity contribution in [3.05, 3.63) is 35.6 Å². The molecule has 0 fully saturated rings. The Balaban J connectivity index is 2.45. The summed E-state index contributed by atoms with van der Waals surface area (Å²) in [7, 11) is 0. The minimum Gasteiger partial charge on any atom is -0.498 e. The second-order valence-electron chi connectivity index (χ2n) is 3.22. The Hall–Kier alpha value is -1.55. The Morgan fingerprint density at radius 3 is 3.13 bits per heavy atom. The lowest BCUT2D eigenvalue weighted by molar-refractivity contribution is -0.131. The number of allylic oxidation sites excluding steroid dienone is 4. The molecule has 1 aliphatic rings. The molecule has 4 heteroatoms. The van der Waals surface area contributed by atoms with E-state index in [1.807, 2.05) is 6.08 Å². The van der Waals surface area contributed by atoms with Crippen molar-refractivity contribution in [1.29, 1.82) is 0 Å². The minimum absolute atomic E-state index is 0.535. The SMILES string of the molecule is NCCCOC1=CC=C/C(=C\C(=O)O)C1. The third-order valence-electron chi connectivity index (χ3n) is 1.92. The molecule has 0 unspecified atom stereocenters. The Bertz CT molecular complexity index is 316. The van der Waals surface area contributed by atoms with E-state index in [4.69, 9.17) is 15.6 Å². The van der Waals surface area contributed by atoms with Crippen molar-refractivity contribution in [2.75, 3.05) is 13.2 Å². The average molecular weight is 209 g/mol. The standard InChI is InChI=1S/C11H15NO3/c12-5-2-6-15-10-4-1-3-9(7-10)8-11(13)14/h1,3-4,8H,2,5-7,12H2,(H,13,14)/b9-8+. The molecular weight excluding hydrogens is 194 g/mol. The fraction of sp³-hybridized carbons (Fsp3) is 0.364. The van der Waals surface area contributed by atoms with E-state index in [1.165, 1.54) is 6.08 Å². The van der Waals surface area contributed by atoms with Gasteiger partial charge in [-0.05, 0) is 24.6 Å². The third-order valence-corrected chi connectivity index (χ3v) is 1.92. The van der Waals surface area contributed by atoms with E-state index in [0.717, 1.165) is 17.8 Å². The number of carbonyl (C=O) groups is 1. The van der Waals surface area contributed by atoms with Gasteiger partial charge in [0.1, 0.15) is 5.76 Å². The molecule has 0 aliphatic heterocycles. The minimum atomic E-state index is -0.933. The molecule has 1 rings (SSSR count). The molecule has 4 nitrogen and oxygen atoms in total. The zero-order valence-corrected chi connectivity index (χ0v) is 8.48. The summed E-state index contributed by atoms with van der Waals surface area (Å²) in [5.41, 5.74) is 6.08. The van der Waals surface area contributed by atoms with E-state index in [1.54, 1.807) is 12.2 Å². The van der Waals surface area contributed by atoms with Crippen LogP contribution in [-0.4, -0.2) is 24.2 Å². The van der Waals surface area contributed by atoms with Gasteiger partial charge in [-0.1, -0.05) is 12.2 Å². The highest BCUT2D eigenvalue weighted by Gasteiger charge is 2.06. The van der Waals surface area contributed by atoms with Crippen molar-refractivity contribution in [3.63, 3.8) is 0 Å². The predicted octanol–water partition coefficient (Wildman–Crippen LogP) is 1.21. The van der Waals surface area contributed by atoms with Crippen LogP contribution in [0.1, 0.15) is 12.8 Å². The summed E-state index contributed by atoms with van der Waals surface area (Å²) in [4.78, 5) is 10.4. The molecule has 0 spiro atoms. The van der Waals surface area contributed by atoms with Crippen LogP contribution >= 0.6 is 0 Å². The summed E-state index contributed by atoms with van der Waals surface area (Å²) in [6, 6.07) is 0. The highest BCUT2D eigenvalue weighted by molar-refractivity contribution is 5.81. The first-order valence-corrected chi connectivity index (χ1v) is 4.86. The number of hydrogen-bond acceptors (Lipinski definition) is 3. The summed E-state index contributed by atoms with van der Waals surface area (Å²) in [6.07, 6.45) is 7.93. The zero-order valence-electron chi connectivity index (χ0n) is 8.48. The molecule has 0 amide bonds. The number of aliphatic carboxylic acids is 1. The van der Waals surface area contributed by atoms with Gasteiger partial charge in [-0.3, -0.25) is 0 Å². The average Bonchev–Trinajstić information content (AvgIpc) is 2.18. The largest absolute Gasteiger partial charge is 0.498 e. The van der Waals surface area contributed by atoms with Gasteiger partial charge in [-0.25, -0.2) is 4.79 Å². The van der Waals surface area contributed by atoms with Crippen molar-refractivity contribution >= 4 is 5.97 Å². The van der Waals surface area contributed by atoms with Gasteiger partial charge >= 0.3 is 5.97 Å². The molecule has 82 valence electrons.